The molecular formula is C23H26N2O2. The number of fused-ring (bicyclic) bond motifs is 1. The lowest BCUT2D eigenvalue weighted by Gasteiger charge is -2.24. The standard InChI is InChI=1S/C23H26N2O2/c1-16-9-10-17-14-18(22(27)25-20(17)13-16)11-12-24-21(26)15-23(2,3)19-7-5-4-6-8-19/h4-10,13-14H,11-12,15H2,1-3H3,(H,24,26)(H,25,27). The van der Waals surface area contributed by atoms with Crippen molar-refractivity contribution in [2.24, 2.45) is 0 Å². The molecule has 1 heterocycles. The zero-order chi connectivity index (χ0) is 19.4. The summed E-state index contributed by atoms with van der Waals surface area (Å²) >= 11 is 0. The lowest BCUT2D eigenvalue weighted by Crippen LogP contribution is -2.32. The molecule has 140 valence electrons. The summed E-state index contributed by atoms with van der Waals surface area (Å²) in [5, 5.41) is 3.96. The molecular weight excluding hydrogens is 336 g/mol. The molecule has 0 fully saturated rings. The first kappa shape index (κ1) is 18.9. The van der Waals surface area contributed by atoms with E-state index in [4.69, 9.17) is 0 Å². The van der Waals surface area contributed by atoms with Gasteiger partial charge in [0.05, 0.1) is 0 Å². The van der Waals surface area contributed by atoms with Gasteiger partial charge in [-0.05, 0) is 47.4 Å². The second-order valence-electron chi connectivity index (χ2n) is 7.74. The van der Waals surface area contributed by atoms with Gasteiger partial charge in [0.2, 0.25) is 5.91 Å². The molecule has 0 saturated heterocycles. The third-order valence-corrected chi connectivity index (χ3v) is 4.95. The number of carbonyl (C=O) groups is 1. The number of aromatic nitrogens is 1. The van der Waals surface area contributed by atoms with E-state index in [1.165, 1.54) is 0 Å². The quantitative estimate of drug-likeness (QED) is 0.699. The molecule has 0 radical (unpaired) electrons. The van der Waals surface area contributed by atoms with Crippen LogP contribution in [0.3, 0.4) is 0 Å². The van der Waals surface area contributed by atoms with E-state index in [1.54, 1.807) is 0 Å². The Labute approximate surface area is 159 Å². The summed E-state index contributed by atoms with van der Waals surface area (Å²) < 4.78 is 0. The Morgan fingerprint density at radius 2 is 1.81 bits per heavy atom. The summed E-state index contributed by atoms with van der Waals surface area (Å²) in [5.74, 6) is -0.00306. The molecule has 0 aliphatic rings. The van der Waals surface area contributed by atoms with Crippen molar-refractivity contribution in [2.75, 3.05) is 6.54 Å². The van der Waals surface area contributed by atoms with Crippen LogP contribution in [-0.4, -0.2) is 17.4 Å². The van der Waals surface area contributed by atoms with E-state index in [-0.39, 0.29) is 16.9 Å². The predicted molar refractivity (Wildman–Crippen MR) is 110 cm³/mol. The summed E-state index contributed by atoms with van der Waals surface area (Å²) in [6.07, 6.45) is 0.918. The molecule has 0 aliphatic heterocycles. The molecule has 4 heteroatoms. The number of H-pyrrole nitrogens is 1. The van der Waals surface area contributed by atoms with Gasteiger partial charge in [-0.2, -0.15) is 0 Å². The molecule has 3 rings (SSSR count). The zero-order valence-corrected chi connectivity index (χ0v) is 16.1. The Kier molecular flexibility index (Phi) is 5.45. The Balaban J connectivity index is 1.60. The van der Waals surface area contributed by atoms with E-state index < -0.39 is 0 Å². The summed E-state index contributed by atoms with van der Waals surface area (Å²) in [6.45, 7) is 6.58. The topological polar surface area (TPSA) is 62.0 Å². The first-order chi connectivity index (χ1) is 12.8. The molecule has 0 aliphatic carbocycles. The number of nitrogens with one attached hydrogen (secondary N) is 2. The molecule has 2 N–H and O–H groups in total. The van der Waals surface area contributed by atoms with Crippen LogP contribution in [0.1, 0.15) is 37.0 Å². The van der Waals surface area contributed by atoms with E-state index in [9.17, 15) is 9.59 Å². The fourth-order valence-electron chi connectivity index (χ4n) is 3.34. The average molecular weight is 362 g/mol. The highest BCUT2D eigenvalue weighted by molar-refractivity contribution is 5.80. The highest BCUT2D eigenvalue weighted by Crippen LogP contribution is 2.26. The van der Waals surface area contributed by atoms with E-state index in [0.29, 0.717) is 24.9 Å². The summed E-state index contributed by atoms with van der Waals surface area (Å²) in [5.41, 5.74) is 3.46. The Bertz CT molecular complexity index is 1000. The maximum atomic E-state index is 12.4. The van der Waals surface area contributed by atoms with Crippen LogP contribution in [0.2, 0.25) is 0 Å². The number of pyridine rings is 1. The molecule has 0 unspecified atom stereocenters. The number of aromatic amines is 1. The van der Waals surface area contributed by atoms with Crippen molar-refractivity contribution in [3.63, 3.8) is 0 Å². The minimum absolute atomic E-state index is 0.00306. The lowest BCUT2D eigenvalue weighted by atomic mass is 9.81. The highest BCUT2D eigenvalue weighted by atomic mass is 16.1. The van der Waals surface area contributed by atoms with Crippen molar-refractivity contribution in [1.29, 1.82) is 0 Å². The van der Waals surface area contributed by atoms with Crippen molar-refractivity contribution in [3.05, 3.63) is 81.6 Å². The zero-order valence-electron chi connectivity index (χ0n) is 16.1. The van der Waals surface area contributed by atoms with E-state index >= 15 is 0 Å². The van der Waals surface area contributed by atoms with Crippen LogP contribution in [0.15, 0.2) is 59.4 Å². The van der Waals surface area contributed by atoms with Gasteiger partial charge in [-0.25, -0.2) is 0 Å². The smallest absolute Gasteiger partial charge is 0.251 e. The Hall–Kier alpha value is -2.88. The van der Waals surface area contributed by atoms with Crippen LogP contribution in [-0.2, 0) is 16.6 Å². The van der Waals surface area contributed by atoms with Gasteiger partial charge in [0.15, 0.2) is 0 Å². The van der Waals surface area contributed by atoms with Gasteiger partial charge >= 0.3 is 0 Å². The van der Waals surface area contributed by atoms with E-state index in [0.717, 1.165) is 22.0 Å². The van der Waals surface area contributed by atoms with Gasteiger partial charge in [0.1, 0.15) is 0 Å². The molecule has 0 atom stereocenters. The Morgan fingerprint density at radius 1 is 1.07 bits per heavy atom. The predicted octanol–water partition coefficient (Wildman–Crippen LogP) is 3.86. The van der Waals surface area contributed by atoms with Crippen molar-refractivity contribution in [1.82, 2.24) is 10.3 Å². The number of benzene rings is 2. The number of hydrogen-bond donors (Lipinski definition) is 2. The van der Waals surface area contributed by atoms with Crippen molar-refractivity contribution < 1.29 is 4.79 Å². The molecule has 1 aromatic heterocycles. The van der Waals surface area contributed by atoms with Gasteiger partial charge in [-0.1, -0.05) is 56.3 Å². The fraction of sp³-hybridized carbons (Fsp3) is 0.304. The monoisotopic (exact) mass is 362 g/mol. The Morgan fingerprint density at radius 3 is 2.56 bits per heavy atom. The van der Waals surface area contributed by atoms with Gasteiger partial charge in [0.25, 0.3) is 5.56 Å². The van der Waals surface area contributed by atoms with E-state index in [2.05, 4.69) is 24.1 Å². The second-order valence-corrected chi connectivity index (χ2v) is 7.74. The summed E-state index contributed by atoms with van der Waals surface area (Å²) in [4.78, 5) is 27.6. The minimum Gasteiger partial charge on any atom is -0.356 e. The van der Waals surface area contributed by atoms with Crippen molar-refractivity contribution in [2.45, 2.75) is 39.0 Å². The first-order valence-corrected chi connectivity index (χ1v) is 9.30. The van der Waals surface area contributed by atoms with Crippen molar-refractivity contribution in [3.8, 4) is 0 Å². The molecule has 3 aromatic rings. The molecule has 27 heavy (non-hydrogen) atoms. The molecule has 4 nitrogen and oxygen atoms in total. The first-order valence-electron chi connectivity index (χ1n) is 9.30. The minimum atomic E-state index is -0.233. The van der Waals surface area contributed by atoms with Crippen LogP contribution in [0, 0.1) is 6.92 Å². The number of aryl methyl sites for hydroxylation is 1. The third kappa shape index (κ3) is 4.64. The lowest BCUT2D eigenvalue weighted by molar-refractivity contribution is -0.122. The van der Waals surface area contributed by atoms with Crippen LogP contribution in [0.4, 0.5) is 0 Å². The van der Waals surface area contributed by atoms with E-state index in [1.807, 2.05) is 61.5 Å². The number of hydrogen-bond acceptors (Lipinski definition) is 2. The maximum absolute atomic E-state index is 12.4. The van der Waals surface area contributed by atoms with Gasteiger partial charge < -0.3 is 10.3 Å². The largest absolute Gasteiger partial charge is 0.356 e. The van der Waals surface area contributed by atoms with Gasteiger partial charge in [-0.15, -0.1) is 0 Å². The van der Waals surface area contributed by atoms with Crippen molar-refractivity contribution >= 4 is 16.8 Å². The number of amides is 1. The molecule has 1 amide bonds. The highest BCUT2D eigenvalue weighted by Gasteiger charge is 2.23. The molecule has 0 bridgehead atoms. The van der Waals surface area contributed by atoms with Crippen LogP contribution < -0.4 is 10.9 Å². The molecule has 2 aromatic carbocycles. The summed E-state index contributed by atoms with van der Waals surface area (Å²) in [6, 6.07) is 17.9. The van der Waals surface area contributed by atoms with Crippen LogP contribution >= 0.6 is 0 Å². The fourth-order valence-corrected chi connectivity index (χ4v) is 3.34. The average Bonchev–Trinajstić information content (AvgIpc) is 2.62. The number of rotatable bonds is 6. The van der Waals surface area contributed by atoms with Gasteiger partial charge in [0, 0.05) is 24.0 Å². The summed E-state index contributed by atoms with van der Waals surface area (Å²) in [7, 11) is 0. The van der Waals surface area contributed by atoms with Crippen LogP contribution in [0.5, 0.6) is 0 Å². The second kappa shape index (κ2) is 7.78. The maximum Gasteiger partial charge on any atom is 0.251 e. The molecule has 0 spiro atoms. The normalized spacial score (nSPS) is 11.5. The molecule has 0 saturated carbocycles. The third-order valence-electron chi connectivity index (χ3n) is 4.95. The van der Waals surface area contributed by atoms with Gasteiger partial charge in [-0.3, -0.25) is 9.59 Å². The number of carbonyl (C=O) groups excluding carboxylic acids is 1. The van der Waals surface area contributed by atoms with Crippen LogP contribution in [0.25, 0.3) is 10.9 Å². The SMILES string of the molecule is Cc1ccc2cc(CCNC(=O)CC(C)(C)c3ccccc3)c(=O)[nH]c2c1.